The normalized spacial score (nSPS) is 12.3. The largest absolute Gasteiger partial charge is 0.297 e. The second-order valence-electron chi connectivity index (χ2n) is 15.2. The third-order valence-corrected chi connectivity index (χ3v) is 10.8. The first kappa shape index (κ1) is 43.9. The molecule has 0 saturated carbocycles. The van der Waals surface area contributed by atoms with Gasteiger partial charge in [0, 0.05) is 6.04 Å². The lowest BCUT2D eigenvalue weighted by molar-refractivity contribution is 0.200. The quantitative estimate of drug-likeness (QED) is 0.0647. The summed E-state index contributed by atoms with van der Waals surface area (Å²) in [4.78, 5) is 2.79. The van der Waals surface area contributed by atoms with Gasteiger partial charge in [0.25, 0.3) is 0 Å². The van der Waals surface area contributed by atoms with Gasteiger partial charge in [0.15, 0.2) is 0 Å². The van der Waals surface area contributed by atoms with Crippen molar-refractivity contribution in [2.75, 3.05) is 13.1 Å². The molecule has 0 bridgehead atoms. The summed E-state index contributed by atoms with van der Waals surface area (Å²) in [5.41, 5.74) is 2.76. The molecule has 0 heterocycles. The summed E-state index contributed by atoms with van der Waals surface area (Å²) in [5, 5.41) is 0. The lowest BCUT2D eigenvalue weighted by Crippen LogP contribution is -2.29. The van der Waals surface area contributed by atoms with Crippen LogP contribution in [-0.4, -0.2) is 18.0 Å². The van der Waals surface area contributed by atoms with Gasteiger partial charge in [0.2, 0.25) is 0 Å². The molecule has 0 aliphatic carbocycles. The highest BCUT2D eigenvalue weighted by Gasteiger charge is 2.17. The number of rotatable bonds is 37. The summed E-state index contributed by atoms with van der Waals surface area (Å²) in [6, 6.07) is 9.40. The number of benzene rings is 1. The summed E-state index contributed by atoms with van der Waals surface area (Å²) in [7, 11) is 0. The Balaban J connectivity index is 2.16. The van der Waals surface area contributed by atoms with Crippen LogP contribution in [0.1, 0.15) is 243 Å². The minimum Gasteiger partial charge on any atom is -0.297 e. The van der Waals surface area contributed by atoms with Crippen molar-refractivity contribution >= 4 is 6.08 Å². The van der Waals surface area contributed by atoms with Crippen LogP contribution in [0.3, 0.4) is 0 Å². The van der Waals surface area contributed by atoms with Gasteiger partial charge in [-0.05, 0) is 44.0 Å². The van der Waals surface area contributed by atoms with Crippen molar-refractivity contribution in [3.63, 3.8) is 0 Å². The van der Waals surface area contributed by atoms with Crippen LogP contribution in [0.2, 0.25) is 0 Å². The molecule has 0 saturated heterocycles. The Kier molecular flexibility index (Phi) is 32.5. The molecule has 0 spiro atoms. The van der Waals surface area contributed by atoms with Crippen LogP contribution in [0, 0.1) is 0 Å². The second-order valence-corrected chi connectivity index (χ2v) is 15.2. The molecule has 0 fully saturated rings. The lowest BCUT2D eigenvalue weighted by Gasteiger charge is -2.30. The topological polar surface area (TPSA) is 3.24 Å². The second kappa shape index (κ2) is 34.8. The third kappa shape index (κ3) is 26.5. The Morgan fingerprint density at radius 3 is 1.02 bits per heavy atom. The predicted molar refractivity (Wildman–Crippen MR) is 216 cm³/mol. The van der Waals surface area contributed by atoms with Crippen LogP contribution in [0.25, 0.3) is 6.08 Å². The van der Waals surface area contributed by atoms with E-state index in [0.717, 1.165) is 0 Å². The van der Waals surface area contributed by atoms with Gasteiger partial charge >= 0.3 is 0 Å². The van der Waals surface area contributed by atoms with Crippen LogP contribution >= 0.6 is 0 Å². The first-order valence-electron chi connectivity index (χ1n) is 21.7. The molecule has 1 unspecified atom stereocenters. The molecule has 1 rings (SSSR count). The zero-order valence-corrected chi connectivity index (χ0v) is 32.7. The Morgan fingerprint density at radius 1 is 0.447 bits per heavy atom. The minimum absolute atomic E-state index is 0.469. The fourth-order valence-electron chi connectivity index (χ4n) is 7.50. The van der Waals surface area contributed by atoms with Gasteiger partial charge in [-0.25, -0.2) is 0 Å². The molecule has 274 valence electrons. The Morgan fingerprint density at radius 2 is 0.723 bits per heavy atom. The van der Waals surface area contributed by atoms with Crippen molar-refractivity contribution in [3.05, 3.63) is 42.0 Å². The Labute approximate surface area is 297 Å². The Bertz CT molecular complexity index is 732. The van der Waals surface area contributed by atoms with E-state index in [-0.39, 0.29) is 0 Å². The molecule has 1 heteroatoms. The van der Waals surface area contributed by atoms with Crippen molar-refractivity contribution in [2.24, 2.45) is 0 Å². The van der Waals surface area contributed by atoms with E-state index in [2.05, 4.69) is 56.5 Å². The van der Waals surface area contributed by atoms with Gasteiger partial charge in [-0.1, -0.05) is 243 Å². The van der Waals surface area contributed by atoms with Crippen molar-refractivity contribution in [3.8, 4) is 0 Å². The maximum absolute atomic E-state index is 4.11. The first-order chi connectivity index (χ1) is 23.2. The predicted octanol–water partition coefficient (Wildman–Crippen LogP) is 16.2. The number of nitrogens with zero attached hydrogens (tertiary/aromatic N) is 1. The van der Waals surface area contributed by atoms with E-state index >= 15 is 0 Å². The van der Waals surface area contributed by atoms with E-state index in [1.165, 1.54) is 230 Å². The molecular weight excluding hydrogens is 567 g/mol. The molecule has 1 aromatic carbocycles. The van der Waals surface area contributed by atoms with Crippen LogP contribution in [-0.2, 0) is 0 Å². The molecule has 47 heavy (non-hydrogen) atoms. The first-order valence-corrected chi connectivity index (χ1v) is 21.7. The van der Waals surface area contributed by atoms with E-state index < -0.39 is 0 Å². The lowest BCUT2D eigenvalue weighted by atomic mass is 9.99. The van der Waals surface area contributed by atoms with Gasteiger partial charge in [0.1, 0.15) is 0 Å². The van der Waals surface area contributed by atoms with Gasteiger partial charge in [-0.15, -0.1) is 0 Å². The molecule has 0 amide bonds. The van der Waals surface area contributed by atoms with Gasteiger partial charge in [-0.2, -0.15) is 0 Å². The smallest absolute Gasteiger partial charge is 0.0325 e. The summed E-state index contributed by atoms with van der Waals surface area (Å²) in [6.45, 7) is 13.6. The highest BCUT2D eigenvalue weighted by molar-refractivity contribution is 5.52. The van der Waals surface area contributed by atoms with Crippen LogP contribution in [0.15, 0.2) is 30.8 Å². The van der Waals surface area contributed by atoms with Gasteiger partial charge in [0.05, 0.1) is 0 Å². The molecule has 0 N–H and O–H groups in total. The number of unbranched alkanes of at least 4 members (excludes halogenated alkanes) is 30. The van der Waals surface area contributed by atoms with Crippen molar-refractivity contribution < 1.29 is 0 Å². The van der Waals surface area contributed by atoms with Crippen LogP contribution < -0.4 is 0 Å². The standard InChI is InChI=1S/C46H85N/c1-5-8-10-12-14-16-18-20-22-24-26-28-30-32-34-38-42-47(44(4)46-41-37-36-40-45(46)7-3)43-39-35-33-31-29-27-25-23-21-19-17-15-13-11-9-6-2/h7,36-37,40-41,44H,3,5-6,8-35,38-39,42-43H2,1-2,4H3. The van der Waals surface area contributed by atoms with Crippen LogP contribution in [0.5, 0.6) is 0 Å². The highest BCUT2D eigenvalue weighted by atomic mass is 15.1. The monoisotopic (exact) mass is 652 g/mol. The minimum atomic E-state index is 0.469. The average Bonchev–Trinajstić information content (AvgIpc) is 3.10. The third-order valence-electron chi connectivity index (χ3n) is 10.8. The van der Waals surface area contributed by atoms with Crippen molar-refractivity contribution in [2.45, 2.75) is 232 Å². The average molecular weight is 652 g/mol. The van der Waals surface area contributed by atoms with E-state index in [1.54, 1.807) is 0 Å². The number of hydrogen-bond acceptors (Lipinski definition) is 1. The van der Waals surface area contributed by atoms with E-state index in [1.807, 2.05) is 6.08 Å². The zero-order chi connectivity index (χ0) is 33.9. The molecule has 0 aromatic heterocycles. The summed E-state index contributed by atoms with van der Waals surface area (Å²) in [5.74, 6) is 0. The summed E-state index contributed by atoms with van der Waals surface area (Å²) < 4.78 is 0. The molecule has 1 aromatic rings. The highest BCUT2D eigenvalue weighted by Crippen LogP contribution is 2.26. The van der Waals surface area contributed by atoms with Gasteiger partial charge in [-0.3, -0.25) is 4.90 Å². The molecular formula is C46H85N. The molecule has 0 aliphatic rings. The van der Waals surface area contributed by atoms with Crippen molar-refractivity contribution in [1.82, 2.24) is 4.90 Å². The van der Waals surface area contributed by atoms with Gasteiger partial charge < -0.3 is 0 Å². The summed E-state index contributed by atoms with van der Waals surface area (Å²) >= 11 is 0. The van der Waals surface area contributed by atoms with Crippen LogP contribution in [0.4, 0.5) is 0 Å². The molecule has 0 aliphatic heterocycles. The Hall–Kier alpha value is -1.08. The zero-order valence-electron chi connectivity index (χ0n) is 32.7. The SMILES string of the molecule is C=Cc1ccccc1C(C)N(CCCCCCCCCCCCCCCCCC)CCCCCCCCCCCCCCCCCC. The molecule has 0 radical (unpaired) electrons. The number of hydrogen-bond donors (Lipinski definition) is 0. The molecule has 1 nitrogen and oxygen atoms in total. The van der Waals surface area contributed by atoms with E-state index in [9.17, 15) is 0 Å². The van der Waals surface area contributed by atoms with E-state index in [4.69, 9.17) is 0 Å². The fraction of sp³-hybridized carbons (Fsp3) is 0.826. The maximum atomic E-state index is 4.11. The van der Waals surface area contributed by atoms with E-state index in [0.29, 0.717) is 6.04 Å². The fourth-order valence-corrected chi connectivity index (χ4v) is 7.50. The maximum Gasteiger partial charge on any atom is 0.0325 e. The summed E-state index contributed by atoms with van der Waals surface area (Å²) in [6.07, 6.45) is 48.1. The molecule has 1 atom stereocenters. The van der Waals surface area contributed by atoms with Crippen molar-refractivity contribution in [1.29, 1.82) is 0 Å².